The Morgan fingerprint density at radius 2 is 1.59 bits per heavy atom. The topological polar surface area (TPSA) is 101 Å². The molecule has 2 unspecified atom stereocenters. The molecule has 1 amide bonds. The van der Waals surface area contributed by atoms with Crippen LogP contribution in [0.1, 0.15) is 49.0 Å². The van der Waals surface area contributed by atoms with E-state index in [4.69, 9.17) is 0 Å². The number of amides is 1. The lowest BCUT2D eigenvalue weighted by Crippen LogP contribution is -2.69. The molecule has 0 saturated heterocycles. The number of sulfonamides is 1. The molecule has 0 aliphatic heterocycles. The molecule has 4 saturated carbocycles. The normalized spacial score (nSPS) is 32.8. The third-order valence-electron chi connectivity index (χ3n) is 6.60. The Hall–Kier alpha value is -2.32. The number of nitrogens with one attached hydrogen (secondary N) is 2. The van der Waals surface area contributed by atoms with Crippen molar-refractivity contribution in [3.63, 3.8) is 0 Å². The molecule has 29 heavy (non-hydrogen) atoms. The quantitative estimate of drug-likeness (QED) is 0.785. The Kier molecular flexibility index (Phi) is 4.25. The first-order chi connectivity index (χ1) is 13.9. The second kappa shape index (κ2) is 6.60. The van der Waals surface area contributed by atoms with E-state index in [-0.39, 0.29) is 16.5 Å². The van der Waals surface area contributed by atoms with Gasteiger partial charge in [-0.2, -0.15) is 0 Å². The molecule has 4 aliphatic rings. The van der Waals surface area contributed by atoms with Gasteiger partial charge in [0.25, 0.3) is 15.9 Å². The molecular weight excluding hydrogens is 388 g/mol. The number of rotatable bonds is 5. The van der Waals surface area contributed by atoms with E-state index in [1.165, 1.54) is 12.3 Å². The summed E-state index contributed by atoms with van der Waals surface area (Å²) in [6.07, 6.45) is 8.24. The zero-order valence-corrected chi connectivity index (χ0v) is 16.9. The van der Waals surface area contributed by atoms with Gasteiger partial charge < -0.3 is 5.32 Å². The molecule has 2 aromatic rings. The van der Waals surface area contributed by atoms with Gasteiger partial charge in [0.2, 0.25) is 0 Å². The lowest BCUT2D eigenvalue weighted by atomic mass is 9.50. The smallest absolute Gasteiger partial charge is 0.270 e. The molecule has 4 aliphatic carbocycles. The lowest BCUT2D eigenvalue weighted by Gasteiger charge is -2.62. The Morgan fingerprint density at radius 1 is 0.931 bits per heavy atom. The molecule has 0 spiro atoms. The monoisotopic (exact) mass is 412 g/mol. The van der Waals surface area contributed by atoms with Crippen LogP contribution in [0.4, 0.5) is 0 Å². The zero-order chi connectivity index (χ0) is 20.1. The summed E-state index contributed by atoms with van der Waals surface area (Å²) in [5.74, 6) is 0.633. The summed E-state index contributed by atoms with van der Waals surface area (Å²) >= 11 is 0. The van der Waals surface area contributed by atoms with Crippen molar-refractivity contribution in [2.45, 2.75) is 54.6 Å². The van der Waals surface area contributed by atoms with Gasteiger partial charge in [-0.15, -0.1) is 0 Å². The van der Waals surface area contributed by atoms with Gasteiger partial charge in [0, 0.05) is 23.5 Å². The number of nitrogens with zero attached hydrogens (tertiary/aromatic N) is 2. The third kappa shape index (κ3) is 3.44. The highest BCUT2D eigenvalue weighted by molar-refractivity contribution is 7.89. The third-order valence-corrected chi connectivity index (χ3v) is 8.10. The maximum atomic E-state index is 13.0. The predicted octanol–water partition coefficient (Wildman–Crippen LogP) is 2.28. The van der Waals surface area contributed by atoms with Crippen LogP contribution in [0.5, 0.6) is 0 Å². The molecule has 6 rings (SSSR count). The Balaban J connectivity index is 1.42. The molecule has 8 heteroatoms. The van der Waals surface area contributed by atoms with Gasteiger partial charge >= 0.3 is 0 Å². The zero-order valence-electron chi connectivity index (χ0n) is 16.0. The van der Waals surface area contributed by atoms with Gasteiger partial charge in [-0.05, 0) is 74.6 Å². The molecule has 2 atom stereocenters. The van der Waals surface area contributed by atoms with E-state index in [0.29, 0.717) is 24.0 Å². The largest absolute Gasteiger partial charge is 0.345 e. The summed E-state index contributed by atoms with van der Waals surface area (Å²) in [5.41, 5.74) is -0.519. The second-order valence-corrected chi connectivity index (χ2v) is 10.6. The van der Waals surface area contributed by atoms with E-state index in [2.05, 4.69) is 20.0 Å². The first kappa shape index (κ1) is 18.7. The lowest BCUT2D eigenvalue weighted by molar-refractivity contribution is -0.0390. The number of carbonyl (C=O) groups is 1. The van der Waals surface area contributed by atoms with Crippen LogP contribution in [0.25, 0.3) is 0 Å². The van der Waals surface area contributed by atoms with Crippen LogP contribution in [0.2, 0.25) is 0 Å². The first-order valence-corrected chi connectivity index (χ1v) is 11.5. The van der Waals surface area contributed by atoms with Crippen molar-refractivity contribution in [2.24, 2.45) is 11.8 Å². The minimum Gasteiger partial charge on any atom is -0.345 e. The molecule has 0 radical (unpaired) electrons. The van der Waals surface area contributed by atoms with Crippen LogP contribution in [0, 0.1) is 11.8 Å². The number of aromatic nitrogens is 2. The number of hydrogen-bond acceptors (Lipinski definition) is 5. The van der Waals surface area contributed by atoms with Crippen LogP contribution in [-0.2, 0) is 10.0 Å². The van der Waals surface area contributed by atoms with Gasteiger partial charge in [-0.3, -0.25) is 9.78 Å². The average Bonchev–Trinajstić information content (AvgIpc) is 2.67. The van der Waals surface area contributed by atoms with Crippen LogP contribution in [0.3, 0.4) is 0 Å². The van der Waals surface area contributed by atoms with Crippen molar-refractivity contribution < 1.29 is 13.2 Å². The van der Waals surface area contributed by atoms with Crippen LogP contribution < -0.4 is 10.0 Å². The summed E-state index contributed by atoms with van der Waals surface area (Å²) in [7, 11) is -3.72. The molecular formula is C21H24N4O3S. The SMILES string of the molecule is O=C(NC12CC3CC(C1)CC(NS(=O)(=O)c1ccccn1)(C3)C2)c1ccccn1. The van der Waals surface area contributed by atoms with Gasteiger partial charge in [0.1, 0.15) is 5.69 Å². The van der Waals surface area contributed by atoms with Crippen LogP contribution in [-0.4, -0.2) is 35.4 Å². The predicted molar refractivity (Wildman–Crippen MR) is 106 cm³/mol. The van der Waals surface area contributed by atoms with Crippen LogP contribution in [0.15, 0.2) is 53.8 Å². The van der Waals surface area contributed by atoms with Crippen molar-refractivity contribution in [1.82, 2.24) is 20.0 Å². The Labute approximate surface area is 170 Å². The number of carbonyl (C=O) groups excluding carboxylic acids is 1. The molecule has 2 aromatic heterocycles. The minimum absolute atomic E-state index is 0.0438. The van der Waals surface area contributed by atoms with E-state index >= 15 is 0 Å². The van der Waals surface area contributed by atoms with Gasteiger partial charge in [0.15, 0.2) is 5.03 Å². The number of pyridine rings is 2. The molecule has 2 N–H and O–H groups in total. The van der Waals surface area contributed by atoms with Gasteiger partial charge in [-0.1, -0.05) is 12.1 Å². The van der Waals surface area contributed by atoms with E-state index < -0.39 is 15.6 Å². The van der Waals surface area contributed by atoms with Crippen molar-refractivity contribution in [2.75, 3.05) is 0 Å². The van der Waals surface area contributed by atoms with E-state index in [1.807, 2.05) is 0 Å². The summed E-state index contributed by atoms with van der Waals surface area (Å²) < 4.78 is 29.0. The highest BCUT2D eigenvalue weighted by Gasteiger charge is 2.59. The highest BCUT2D eigenvalue weighted by Crippen LogP contribution is 2.57. The molecule has 152 valence electrons. The fourth-order valence-corrected chi connectivity index (χ4v) is 7.54. The molecule has 4 bridgehead atoms. The van der Waals surface area contributed by atoms with Crippen molar-refractivity contribution in [3.8, 4) is 0 Å². The Bertz CT molecular complexity index is 1010. The molecule has 0 aromatic carbocycles. The Morgan fingerprint density at radius 3 is 2.21 bits per heavy atom. The van der Waals surface area contributed by atoms with Crippen molar-refractivity contribution >= 4 is 15.9 Å². The van der Waals surface area contributed by atoms with Crippen LogP contribution >= 0.6 is 0 Å². The summed E-state index contributed by atoms with van der Waals surface area (Å²) in [5, 5.41) is 3.28. The van der Waals surface area contributed by atoms with Gasteiger partial charge in [-0.25, -0.2) is 18.1 Å². The second-order valence-electron chi connectivity index (χ2n) is 8.96. The molecule has 2 heterocycles. The number of hydrogen-bond donors (Lipinski definition) is 2. The van der Waals surface area contributed by atoms with Crippen molar-refractivity contribution in [3.05, 3.63) is 54.5 Å². The van der Waals surface area contributed by atoms with E-state index in [1.54, 1.807) is 36.5 Å². The maximum Gasteiger partial charge on any atom is 0.270 e. The van der Waals surface area contributed by atoms with E-state index in [9.17, 15) is 13.2 Å². The van der Waals surface area contributed by atoms with E-state index in [0.717, 1.165) is 32.1 Å². The van der Waals surface area contributed by atoms with Gasteiger partial charge in [0.05, 0.1) is 0 Å². The fourth-order valence-electron chi connectivity index (χ4n) is 6.17. The summed E-state index contributed by atoms with van der Waals surface area (Å²) in [4.78, 5) is 21.0. The standard InChI is InChI=1S/C21H24N4O3S/c26-19(17-5-1-3-7-22-17)24-20-10-15-9-16(11-20)13-21(12-15,14-20)25-29(27,28)18-6-2-4-8-23-18/h1-8,15-16,25H,9-14H2,(H,24,26). The minimum atomic E-state index is -3.72. The molecule has 7 nitrogen and oxygen atoms in total. The highest BCUT2D eigenvalue weighted by atomic mass is 32.2. The summed E-state index contributed by atoms with van der Waals surface area (Å²) in [6, 6.07) is 10.2. The van der Waals surface area contributed by atoms with Crippen molar-refractivity contribution in [1.29, 1.82) is 0 Å². The summed E-state index contributed by atoms with van der Waals surface area (Å²) in [6.45, 7) is 0. The maximum absolute atomic E-state index is 13.0. The average molecular weight is 413 g/mol. The first-order valence-electron chi connectivity index (χ1n) is 10.1. The molecule has 4 fully saturated rings. The fraction of sp³-hybridized carbons (Fsp3) is 0.476.